The number of nitrogens with zero attached hydrogens (tertiary/aromatic N) is 1. The van der Waals surface area contributed by atoms with Crippen molar-refractivity contribution in [1.29, 1.82) is 0 Å². The number of nitrogens with one attached hydrogen (secondary N) is 1. The maximum Gasteiger partial charge on any atom is 0.254 e. The van der Waals surface area contributed by atoms with E-state index in [2.05, 4.69) is 5.32 Å². The van der Waals surface area contributed by atoms with Crippen LogP contribution in [0.2, 0.25) is 0 Å². The maximum atomic E-state index is 13.4. The Morgan fingerprint density at radius 3 is 3.00 bits per heavy atom. The van der Waals surface area contributed by atoms with Crippen LogP contribution < -0.4 is 5.32 Å². The van der Waals surface area contributed by atoms with Gasteiger partial charge in [-0.1, -0.05) is 0 Å². The fraction of sp³-hybridized carbons (Fsp3) is 0.417. The minimum absolute atomic E-state index is 0.0886. The van der Waals surface area contributed by atoms with Crippen LogP contribution in [-0.4, -0.2) is 36.5 Å². The monoisotopic (exact) mass is 348 g/mol. The second-order valence-corrected chi connectivity index (χ2v) is 5.34. The van der Waals surface area contributed by atoms with Gasteiger partial charge in [-0.2, -0.15) is 0 Å². The average Bonchev–Trinajstić information content (AvgIpc) is 2.32. The molecule has 1 atom stereocenters. The second-order valence-electron chi connectivity index (χ2n) is 4.18. The van der Waals surface area contributed by atoms with Gasteiger partial charge < -0.3 is 10.2 Å². The van der Waals surface area contributed by atoms with E-state index in [1.165, 1.54) is 6.07 Å². The molecular formula is C12H14FIN2O. The SMILES string of the molecule is C[C@@H]1CNCCN1C(=O)c1ccc(I)c(F)c1. The molecule has 2 rings (SSSR count). The lowest BCUT2D eigenvalue weighted by atomic mass is 10.1. The van der Waals surface area contributed by atoms with Gasteiger partial charge in [-0.15, -0.1) is 0 Å². The van der Waals surface area contributed by atoms with Crippen LogP contribution in [0.3, 0.4) is 0 Å². The van der Waals surface area contributed by atoms with Crippen molar-refractivity contribution in [2.24, 2.45) is 0 Å². The first-order valence-electron chi connectivity index (χ1n) is 5.56. The van der Waals surface area contributed by atoms with E-state index < -0.39 is 0 Å². The number of hydrogen-bond acceptors (Lipinski definition) is 2. The Morgan fingerprint density at radius 1 is 1.59 bits per heavy atom. The second kappa shape index (κ2) is 5.30. The highest BCUT2D eigenvalue weighted by atomic mass is 127. The summed E-state index contributed by atoms with van der Waals surface area (Å²) in [5, 5.41) is 3.22. The fourth-order valence-corrected chi connectivity index (χ4v) is 2.27. The predicted octanol–water partition coefficient (Wildman–Crippen LogP) is 1.86. The van der Waals surface area contributed by atoms with E-state index >= 15 is 0 Å². The molecule has 1 aliphatic rings. The number of halogens is 2. The Morgan fingerprint density at radius 2 is 2.35 bits per heavy atom. The smallest absolute Gasteiger partial charge is 0.254 e. The van der Waals surface area contributed by atoms with Crippen LogP contribution in [-0.2, 0) is 0 Å². The van der Waals surface area contributed by atoms with Crippen LogP contribution in [0.4, 0.5) is 4.39 Å². The summed E-state index contributed by atoms with van der Waals surface area (Å²) >= 11 is 1.91. The molecule has 1 aromatic carbocycles. The van der Waals surface area contributed by atoms with E-state index in [1.807, 2.05) is 29.5 Å². The average molecular weight is 348 g/mol. The van der Waals surface area contributed by atoms with Crippen LogP contribution in [0.5, 0.6) is 0 Å². The van der Waals surface area contributed by atoms with Gasteiger partial charge >= 0.3 is 0 Å². The van der Waals surface area contributed by atoms with Crippen molar-refractivity contribution in [2.75, 3.05) is 19.6 Å². The topological polar surface area (TPSA) is 32.3 Å². The van der Waals surface area contributed by atoms with Gasteiger partial charge in [0.2, 0.25) is 0 Å². The molecule has 1 aliphatic heterocycles. The summed E-state index contributed by atoms with van der Waals surface area (Å²) in [5.74, 6) is -0.423. The lowest BCUT2D eigenvalue weighted by Gasteiger charge is -2.34. The van der Waals surface area contributed by atoms with Crippen LogP contribution in [0.15, 0.2) is 18.2 Å². The number of amides is 1. The minimum atomic E-state index is -0.334. The summed E-state index contributed by atoms with van der Waals surface area (Å²) in [6.45, 7) is 4.25. The molecule has 1 heterocycles. The molecule has 3 nitrogen and oxygen atoms in total. The lowest BCUT2D eigenvalue weighted by Crippen LogP contribution is -2.52. The summed E-state index contributed by atoms with van der Waals surface area (Å²) < 4.78 is 13.9. The van der Waals surface area contributed by atoms with Crippen LogP contribution in [0.1, 0.15) is 17.3 Å². The Bertz CT molecular complexity index is 439. The Balaban J connectivity index is 2.21. The molecule has 1 N–H and O–H groups in total. The first-order chi connectivity index (χ1) is 8.09. The number of benzene rings is 1. The third-order valence-electron chi connectivity index (χ3n) is 2.93. The van der Waals surface area contributed by atoms with Crippen molar-refractivity contribution in [2.45, 2.75) is 13.0 Å². The zero-order valence-corrected chi connectivity index (χ0v) is 11.7. The molecule has 0 unspecified atom stereocenters. The van der Waals surface area contributed by atoms with E-state index in [4.69, 9.17) is 0 Å². The maximum absolute atomic E-state index is 13.4. The van der Waals surface area contributed by atoms with Crippen molar-refractivity contribution in [1.82, 2.24) is 10.2 Å². The van der Waals surface area contributed by atoms with Crippen molar-refractivity contribution < 1.29 is 9.18 Å². The molecule has 1 amide bonds. The molecule has 5 heteroatoms. The van der Waals surface area contributed by atoms with E-state index in [1.54, 1.807) is 17.0 Å². The zero-order chi connectivity index (χ0) is 12.4. The number of rotatable bonds is 1. The van der Waals surface area contributed by atoms with Crippen molar-refractivity contribution >= 4 is 28.5 Å². The van der Waals surface area contributed by atoms with Gasteiger partial charge in [0.25, 0.3) is 5.91 Å². The van der Waals surface area contributed by atoms with Crippen LogP contribution in [0.25, 0.3) is 0 Å². The summed E-state index contributed by atoms with van der Waals surface area (Å²) in [4.78, 5) is 14.0. The summed E-state index contributed by atoms with van der Waals surface area (Å²) in [5.41, 5.74) is 0.427. The highest BCUT2D eigenvalue weighted by Gasteiger charge is 2.24. The lowest BCUT2D eigenvalue weighted by molar-refractivity contribution is 0.0655. The summed E-state index contributed by atoms with van der Waals surface area (Å²) in [6, 6.07) is 4.79. The van der Waals surface area contributed by atoms with Gasteiger partial charge in [-0.05, 0) is 47.7 Å². The summed E-state index contributed by atoms with van der Waals surface area (Å²) in [6.07, 6.45) is 0. The highest BCUT2D eigenvalue weighted by Crippen LogP contribution is 2.15. The molecule has 0 radical (unpaired) electrons. The quantitative estimate of drug-likeness (QED) is 0.786. The van der Waals surface area contributed by atoms with Gasteiger partial charge in [0.05, 0.1) is 0 Å². The predicted molar refractivity (Wildman–Crippen MR) is 72.5 cm³/mol. The van der Waals surface area contributed by atoms with E-state index in [0.29, 0.717) is 15.7 Å². The van der Waals surface area contributed by atoms with Gasteiger partial charge in [-0.3, -0.25) is 4.79 Å². The Hall–Kier alpha value is -0.690. The van der Waals surface area contributed by atoms with E-state index in [9.17, 15) is 9.18 Å². The fourth-order valence-electron chi connectivity index (χ4n) is 1.94. The third kappa shape index (κ3) is 2.77. The van der Waals surface area contributed by atoms with Crippen molar-refractivity contribution in [3.63, 3.8) is 0 Å². The zero-order valence-electron chi connectivity index (χ0n) is 9.54. The number of hydrogen-bond donors (Lipinski definition) is 1. The molecule has 1 fully saturated rings. The van der Waals surface area contributed by atoms with Gasteiger partial charge in [0, 0.05) is 34.8 Å². The molecular weight excluding hydrogens is 334 g/mol. The third-order valence-corrected chi connectivity index (χ3v) is 3.80. The number of carbonyl (C=O) groups excluding carboxylic acids is 1. The number of carbonyl (C=O) groups is 1. The highest BCUT2D eigenvalue weighted by molar-refractivity contribution is 14.1. The van der Waals surface area contributed by atoms with E-state index in [0.717, 1.165) is 13.1 Å². The van der Waals surface area contributed by atoms with Crippen LogP contribution >= 0.6 is 22.6 Å². The molecule has 0 saturated carbocycles. The van der Waals surface area contributed by atoms with Crippen LogP contribution in [0, 0.1) is 9.39 Å². The summed E-state index contributed by atoms with van der Waals surface area (Å²) in [7, 11) is 0. The largest absolute Gasteiger partial charge is 0.333 e. The number of piperazine rings is 1. The molecule has 1 saturated heterocycles. The molecule has 92 valence electrons. The molecule has 17 heavy (non-hydrogen) atoms. The first kappa shape index (κ1) is 12.8. The molecule has 1 aromatic rings. The van der Waals surface area contributed by atoms with E-state index in [-0.39, 0.29) is 17.8 Å². The first-order valence-corrected chi connectivity index (χ1v) is 6.64. The van der Waals surface area contributed by atoms with Crippen molar-refractivity contribution in [3.8, 4) is 0 Å². The Labute approximate surface area is 114 Å². The minimum Gasteiger partial charge on any atom is -0.333 e. The molecule has 0 aliphatic carbocycles. The normalized spacial score (nSPS) is 20.4. The van der Waals surface area contributed by atoms with Gasteiger partial charge in [0.15, 0.2) is 0 Å². The molecule has 0 bridgehead atoms. The van der Waals surface area contributed by atoms with Crippen molar-refractivity contribution in [3.05, 3.63) is 33.1 Å². The van der Waals surface area contributed by atoms with Gasteiger partial charge in [0.1, 0.15) is 5.82 Å². The standard InChI is InChI=1S/C12H14FIN2O/c1-8-7-15-4-5-16(8)12(17)9-2-3-11(14)10(13)6-9/h2-3,6,8,15H,4-5,7H2,1H3/t8-/m1/s1. The molecule has 0 aromatic heterocycles. The van der Waals surface area contributed by atoms with Gasteiger partial charge in [-0.25, -0.2) is 4.39 Å². The Kier molecular flexibility index (Phi) is 3.98. The molecule has 0 spiro atoms.